The summed E-state index contributed by atoms with van der Waals surface area (Å²) in [5, 5.41) is 8.94. The summed E-state index contributed by atoms with van der Waals surface area (Å²) in [5.74, 6) is -1.02. The first-order valence-electron chi connectivity index (χ1n) is 7.47. The molecule has 2 aliphatic heterocycles. The normalized spacial score (nSPS) is 37.5. The lowest BCUT2D eigenvalue weighted by atomic mass is 9.89. The molecule has 0 aromatic carbocycles. The minimum absolute atomic E-state index is 0.0473. The van der Waals surface area contributed by atoms with E-state index in [-0.39, 0.29) is 18.1 Å². The average molecular weight is 283 g/mol. The Morgan fingerprint density at radius 3 is 2.55 bits per heavy atom. The fraction of sp³-hybridized carbons (Fsp3) is 0.857. The van der Waals surface area contributed by atoms with Gasteiger partial charge in [0.15, 0.2) is 6.10 Å². The number of fused-ring (bicyclic) bond motifs is 1. The van der Waals surface area contributed by atoms with Crippen LogP contribution in [0.3, 0.4) is 0 Å². The first-order valence-corrected chi connectivity index (χ1v) is 7.47. The van der Waals surface area contributed by atoms with E-state index in [1.54, 1.807) is 0 Å². The number of rotatable bonds is 2. The minimum atomic E-state index is -0.974. The zero-order valence-corrected chi connectivity index (χ0v) is 11.5. The van der Waals surface area contributed by atoms with Crippen LogP contribution in [0.25, 0.3) is 0 Å². The van der Waals surface area contributed by atoms with Crippen molar-refractivity contribution in [1.82, 2.24) is 4.90 Å². The number of carboxylic acid groups (broad SMARTS) is 1. The predicted molar refractivity (Wildman–Crippen MR) is 69.2 cm³/mol. The third-order valence-electron chi connectivity index (χ3n) is 4.59. The number of hydrogen-bond donors (Lipinski definition) is 1. The molecule has 3 fully saturated rings. The van der Waals surface area contributed by atoms with Crippen molar-refractivity contribution in [3.8, 4) is 0 Å². The standard InChI is InChI=1S/C14H21NO5/c16-13(11-5-6-12(20-11)14(17)18)15-7-8-19-10-4-2-1-3-9(10)15/h9-12H,1-8H2,(H,17,18). The molecule has 4 unspecified atom stereocenters. The molecule has 2 saturated heterocycles. The maximum Gasteiger partial charge on any atom is 0.332 e. The summed E-state index contributed by atoms with van der Waals surface area (Å²) in [7, 11) is 0. The van der Waals surface area contributed by atoms with Gasteiger partial charge in [-0.15, -0.1) is 0 Å². The van der Waals surface area contributed by atoms with E-state index in [9.17, 15) is 9.59 Å². The van der Waals surface area contributed by atoms with E-state index in [0.29, 0.717) is 26.0 Å². The molecule has 2 heterocycles. The number of hydrogen-bond acceptors (Lipinski definition) is 4. The molecule has 6 heteroatoms. The first kappa shape index (κ1) is 13.8. The van der Waals surface area contributed by atoms with Crippen LogP contribution in [0.5, 0.6) is 0 Å². The fourth-order valence-electron chi connectivity index (χ4n) is 3.56. The monoisotopic (exact) mass is 283 g/mol. The highest BCUT2D eigenvalue weighted by Crippen LogP contribution is 2.30. The molecule has 112 valence electrons. The number of carbonyl (C=O) groups is 2. The topological polar surface area (TPSA) is 76.1 Å². The average Bonchev–Trinajstić information content (AvgIpc) is 2.96. The van der Waals surface area contributed by atoms with Gasteiger partial charge in [0.05, 0.1) is 18.8 Å². The van der Waals surface area contributed by atoms with Crippen LogP contribution in [-0.2, 0) is 19.1 Å². The Kier molecular flexibility index (Phi) is 3.94. The number of nitrogens with zero attached hydrogens (tertiary/aromatic N) is 1. The van der Waals surface area contributed by atoms with E-state index < -0.39 is 18.2 Å². The first-order chi connectivity index (χ1) is 9.66. The summed E-state index contributed by atoms with van der Waals surface area (Å²) in [4.78, 5) is 25.4. The van der Waals surface area contributed by atoms with Crippen LogP contribution in [0.4, 0.5) is 0 Å². The highest BCUT2D eigenvalue weighted by atomic mass is 16.5. The van der Waals surface area contributed by atoms with Gasteiger partial charge in [0.1, 0.15) is 6.10 Å². The van der Waals surface area contributed by atoms with Crippen molar-refractivity contribution < 1.29 is 24.2 Å². The molecule has 0 aromatic heterocycles. The summed E-state index contributed by atoms with van der Waals surface area (Å²) >= 11 is 0. The van der Waals surface area contributed by atoms with Crippen molar-refractivity contribution >= 4 is 11.9 Å². The quantitative estimate of drug-likeness (QED) is 0.811. The van der Waals surface area contributed by atoms with E-state index in [1.165, 1.54) is 0 Å². The van der Waals surface area contributed by atoms with Crippen LogP contribution in [0.15, 0.2) is 0 Å². The van der Waals surface area contributed by atoms with Gasteiger partial charge in [-0.2, -0.15) is 0 Å². The SMILES string of the molecule is O=C(O)C1CCC(C(=O)N2CCOC3CCCCC32)O1. The van der Waals surface area contributed by atoms with Crippen molar-refractivity contribution in [1.29, 1.82) is 0 Å². The Hall–Kier alpha value is -1.14. The Labute approximate surface area is 118 Å². The third kappa shape index (κ3) is 2.54. The lowest BCUT2D eigenvalue weighted by Crippen LogP contribution is -2.57. The van der Waals surface area contributed by atoms with Gasteiger partial charge in [-0.25, -0.2) is 4.79 Å². The van der Waals surface area contributed by atoms with Gasteiger partial charge in [-0.05, 0) is 25.7 Å². The van der Waals surface area contributed by atoms with Crippen LogP contribution in [-0.4, -0.2) is 59.4 Å². The second-order valence-electron chi connectivity index (χ2n) is 5.82. The second-order valence-corrected chi connectivity index (χ2v) is 5.82. The third-order valence-corrected chi connectivity index (χ3v) is 4.59. The number of ether oxygens (including phenoxy) is 2. The summed E-state index contributed by atoms with van der Waals surface area (Å²) in [6, 6.07) is 0.150. The van der Waals surface area contributed by atoms with E-state index in [1.807, 2.05) is 4.90 Å². The van der Waals surface area contributed by atoms with Gasteiger partial charge >= 0.3 is 5.97 Å². The lowest BCUT2D eigenvalue weighted by molar-refractivity contribution is -0.164. The number of carbonyl (C=O) groups excluding carboxylic acids is 1. The van der Waals surface area contributed by atoms with Gasteiger partial charge in [0, 0.05) is 6.54 Å². The largest absolute Gasteiger partial charge is 0.479 e. The Morgan fingerprint density at radius 1 is 1.05 bits per heavy atom. The van der Waals surface area contributed by atoms with Gasteiger partial charge in [-0.3, -0.25) is 4.79 Å². The highest BCUT2D eigenvalue weighted by molar-refractivity contribution is 5.83. The number of morpholine rings is 1. The summed E-state index contributed by atoms with van der Waals surface area (Å²) in [6.45, 7) is 1.17. The van der Waals surface area contributed by atoms with Gasteiger partial charge in [0.25, 0.3) is 5.91 Å². The van der Waals surface area contributed by atoms with Crippen LogP contribution in [0, 0.1) is 0 Å². The lowest BCUT2D eigenvalue weighted by Gasteiger charge is -2.44. The molecule has 3 aliphatic rings. The van der Waals surface area contributed by atoms with Crippen molar-refractivity contribution in [3.63, 3.8) is 0 Å². The molecule has 6 nitrogen and oxygen atoms in total. The molecule has 1 aliphatic carbocycles. The molecule has 0 spiro atoms. The number of carboxylic acids is 1. The minimum Gasteiger partial charge on any atom is -0.479 e. The summed E-state index contributed by atoms with van der Waals surface area (Å²) in [6.07, 6.45) is 3.93. The molecule has 1 amide bonds. The van der Waals surface area contributed by atoms with Crippen molar-refractivity contribution in [3.05, 3.63) is 0 Å². The maximum atomic E-state index is 12.6. The van der Waals surface area contributed by atoms with Crippen LogP contribution in [0.2, 0.25) is 0 Å². The smallest absolute Gasteiger partial charge is 0.332 e. The predicted octanol–water partition coefficient (Wildman–Crippen LogP) is 0.789. The highest BCUT2D eigenvalue weighted by Gasteiger charge is 2.42. The molecular formula is C14H21NO5. The van der Waals surface area contributed by atoms with E-state index in [4.69, 9.17) is 14.6 Å². The molecule has 0 bridgehead atoms. The molecule has 20 heavy (non-hydrogen) atoms. The molecule has 0 aromatic rings. The molecule has 1 N–H and O–H groups in total. The van der Waals surface area contributed by atoms with Crippen LogP contribution in [0.1, 0.15) is 38.5 Å². The van der Waals surface area contributed by atoms with Crippen molar-refractivity contribution in [2.45, 2.75) is 62.9 Å². The van der Waals surface area contributed by atoms with Crippen molar-refractivity contribution in [2.75, 3.05) is 13.2 Å². The zero-order chi connectivity index (χ0) is 14.1. The molecule has 3 rings (SSSR count). The zero-order valence-electron chi connectivity index (χ0n) is 11.5. The maximum absolute atomic E-state index is 12.6. The summed E-state index contributed by atoms with van der Waals surface area (Å²) in [5.41, 5.74) is 0. The van der Waals surface area contributed by atoms with E-state index >= 15 is 0 Å². The van der Waals surface area contributed by atoms with Crippen molar-refractivity contribution in [2.24, 2.45) is 0 Å². The van der Waals surface area contributed by atoms with Gasteiger partial charge in [0.2, 0.25) is 0 Å². The van der Waals surface area contributed by atoms with Crippen LogP contribution >= 0.6 is 0 Å². The molecule has 4 atom stereocenters. The molecule has 1 saturated carbocycles. The van der Waals surface area contributed by atoms with E-state index in [2.05, 4.69) is 0 Å². The van der Waals surface area contributed by atoms with E-state index in [0.717, 1.165) is 25.7 Å². The van der Waals surface area contributed by atoms with Gasteiger partial charge in [-0.1, -0.05) is 12.8 Å². The van der Waals surface area contributed by atoms with Gasteiger partial charge < -0.3 is 19.5 Å². The number of aliphatic carboxylic acids is 1. The number of amides is 1. The Balaban J connectivity index is 1.65. The van der Waals surface area contributed by atoms with Crippen LogP contribution < -0.4 is 0 Å². The second kappa shape index (κ2) is 5.69. The summed E-state index contributed by atoms with van der Waals surface area (Å²) < 4.78 is 11.1. The fourth-order valence-corrected chi connectivity index (χ4v) is 3.56. The Bertz CT molecular complexity index is 397. The Morgan fingerprint density at radius 2 is 1.80 bits per heavy atom. The molecule has 0 radical (unpaired) electrons. The molecular weight excluding hydrogens is 262 g/mol.